The van der Waals surface area contributed by atoms with E-state index in [0.29, 0.717) is 5.88 Å². The van der Waals surface area contributed by atoms with Crippen molar-refractivity contribution in [2.75, 3.05) is 11.2 Å². The number of aryl methyl sites for hydroxylation is 1. The van der Waals surface area contributed by atoms with Gasteiger partial charge in [-0.15, -0.1) is 11.6 Å². The Balaban J connectivity index is 2.04. The third kappa shape index (κ3) is 3.44. The summed E-state index contributed by atoms with van der Waals surface area (Å²) in [5, 5.41) is 3.34. The summed E-state index contributed by atoms with van der Waals surface area (Å²) in [5.74, 6) is 1.34. The molecule has 1 aromatic carbocycles. The van der Waals surface area contributed by atoms with E-state index in [1.807, 2.05) is 25.1 Å². The summed E-state index contributed by atoms with van der Waals surface area (Å²) in [7, 11) is 0. The number of benzene rings is 1. The van der Waals surface area contributed by atoms with Crippen molar-refractivity contribution in [3.05, 3.63) is 54.0 Å². The van der Waals surface area contributed by atoms with Gasteiger partial charge in [0.2, 0.25) is 0 Å². The maximum Gasteiger partial charge on any atom is 0.147 e. The zero-order valence-electron chi connectivity index (χ0n) is 10.3. The molecule has 0 aliphatic heterocycles. The summed E-state index contributed by atoms with van der Waals surface area (Å²) < 4.78 is 0. The van der Waals surface area contributed by atoms with Crippen LogP contribution >= 0.6 is 11.6 Å². The van der Waals surface area contributed by atoms with Crippen molar-refractivity contribution >= 4 is 17.4 Å². The van der Waals surface area contributed by atoms with Crippen LogP contribution < -0.4 is 5.32 Å². The van der Waals surface area contributed by atoms with Crippen LogP contribution in [0, 0.1) is 6.92 Å². The standard InChI is InChI=1S/C14H16ClN3/c1-11-14(17-8-7-16-11)18-13(10-15)9-12-5-3-2-4-6-12/h2-8,13H,9-10H2,1H3,(H,17,18). The minimum atomic E-state index is 0.157. The van der Waals surface area contributed by atoms with Gasteiger partial charge in [-0.2, -0.15) is 0 Å². The van der Waals surface area contributed by atoms with E-state index in [9.17, 15) is 0 Å². The Morgan fingerprint density at radius 2 is 1.89 bits per heavy atom. The lowest BCUT2D eigenvalue weighted by molar-refractivity contribution is 0.787. The molecule has 0 radical (unpaired) electrons. The zero-order valence-corrected chi connectivity index (χ0v) is 11.1. The molecule has 0 spiro atoms. The first-order chi connectivity index (χ1) is 8.79. The number of nitrogens with zero attached hydrogens (tertiary/aromatic N) is 2. The van der Waals surface area contributed by atoms with E-state index in [1.54, 1.807) is 12.4 Å². The van der Waals surface area contributed by atoms with Crippen molar-refractivity contribution < 1.29 is 0 Å². The highest BCUT2D eigenvalue weighted by molar-refractivity contribution is 6.18. The first kappa shape index (κ1) is 12.8. The molecule has 2 aromatic rings. The van der Waals surface area contributed by atoms with Crippen LogP contribution in [0.4, 0.5) is 5.82 Å². The lowest BCUT2D eigenvalue weighted by atomic mass is 10.1. The molecule has 18 heavy (non-hydrogen) atoms. The molecule has 94 valence electrons. The van der Waals surface area contributed by atoms with Gasteiger partial charge in [0, 0.05) is 24.3 Å². The molecule has 0 aliphatic rings. The van der Waals surface area contributed by atoms with Gasteiger partial charge in [0.1, 0.15) is 5.82 Å². The molecule has 1 atom stereocenters. The summed E-state index contributed by atoms with van der Waals surface area (Å²) in [6.07, 6.45) is 4.25. The Kier molecular flexibility index (Phi) is 4.53. The largest absolute Gasteiger partial charge is 0.364 e. The van der Waals surface area contributed by atoms with Gasteiger partial charge in [0.15, 0.2) is 0 Å². The van der Waals surface area contributed by atoms with Crippen LogP contribution in [0.2, 0.25) is 0 Å². The van der Waals surface area contributed by atoms with Crippen molar-refractivity contribution in [3.63, 3.8) is 0 Å². The molecule has 0 fully saturated rings. The highest BCUT2D eigenvalue weighted by Crippen LogP contribution is 2.12. The average molecular weight is 262 g/mol. The summed E-state index contributed by atoms with van der Waals surface area (Å²) in [6, 6.07) is 10.4. The molecule has 0 saturated heterocycles. The summed E-state index contributed by atoms with van der Waals surface area (Å²) in [4.78, 5) is 8.48. The molecular formula is C14H16ClN3. The SMILES string of the molecule is Cc1nccnc1NC(CCl)Cc1ccccc1. The van der Waals surface area contributed by atoms with Crippen LogP contribution in [0.15, 0.2) is 42.7 Å². The molecule has 4 heteroatoms. The molecule has 1 unspecified atom stereocenters. The van der Waals surface area contributed by atoms with Crippen LogP contribution in [0.25, 0.3) is 0 Å². The molecule has 1 N–H and O–H groups in total. The Morgan fingerprint density at radius 3 is 2.56 bits per heavy atom. The normalized spacial score (nSPS) is 12.1. The van der Waals surface area contributed by atoms with Crippen LogP contribution in [0.5, 0.6) is 0 Å². The molecular weight excluding hydrogens is 246 g/mol. The number of halogens is 1. The van der Waals surface area contributed by atoms with Crippen LogP contribution in [0.1, 0.15) is 11.3 Å². The van der Waals surface area contributed by atoms with E-state index in [1.165, 1.54) is 5.56 Å². The predicted octanol–water partition coefficient (Wildman–Crippen LogP) is 3.05. The fraction of sp³-hybridized carbons (Fsp3) is 0.286. The Hall–Kier alpha value is -1.61. The van der Waals surface area contributed by atoms with E-state index in [2.05, 4.69) is 27.4 Å². The molecule has 0 amide bonds. The van der Waals surface area contributed by atoms with Crippen molar-refractivity contribution in [3.8, 4) is 0 Å². The van der Waals surface area contributed by atoms with Gasteiger partial charge in [-0.25, -0.2) is 4.98 Å². The van der Waals surface area contributed by atoms with E-state index in [0.717, 1.165) is 17.9 Å². The van der Waals surface area contributed by atoms with E-state index in [-0.39, 0.29) is 6.04 Å². The fourth-order valence-corrected chi connectivity index (χ4v) is 1.97. The summed E-state index contributed by atoms with van der Waals surface area (Å²) >= 11 is 6.01. The van der Waals surface area contributed by atoms with Crippen LogP contribution in [-0.2, 0) is 6.42 Å². The third-order valence-electron chi connectivity index (χ3n) is 2.73. The minimum Gasteiger partial charge on any atom is -0.364 e. The van der Waals surface area contributed by atoms with E-state index in [4.69, 9.17) is 11.6 Å². The Labute approximate surface area is 112 Å². The molecule has 1 aromatic heterocycles. The van der Waals surface area contributed by atoms with Gasteiger partial charge in [-0.05, 0) is 18.9 Å². The van der Waals surface area contributed by atoms with E-state index >= 15 is 0 Å². The smallest absolute Gasteiger partial charge is 0.147 e. The predicted molar refractivity (Wildman–Crippen MR) is 75.0 cm³/mol. The van der Waals surface area contributed by atoms with Crippen molar-refractivity contribution in [1.82, 2.24) is 9.97 Å². The number of aromatic nitrogens is 2. The number of nitrogens with one attached hydrogen (secondary N) is 1. The minimum absolute atomic E-state index is 0.157. The monoisotopic (exact) mass is 261 g/mol. The van der Waals surface area contributed by atoms with Crippen molar-refractivity contribution in [2.24, 2.45) is 0 Å². The van der Waals surface area contributed by atoms with Gasteiger partial charge in [-0.3, -0.25) is 4.98 Å². The molecule has 0 saturated carbocycles. The van der Waals surface area contributed by atoms with Crippen molar-refractivity contribution in [1.29, 1.82) is 0 Å². The number of hydrogen-bond donors (Lipinski definition) is 1. The second kappa shape index (κ2) is 6.36. The van der Waals surface area contributed by atoms with Gasteiger partial charge in [0.05, 0.1) is 5.69 Å². The Bertz CT molecular complexity index is 487. The zero-order chi connectivity index (χ0) is 12.8. The first-order valence-electron chi connectivity index (χ1n) is 5.93. The maximum absolute atomic E-state index is 6.01. The number of alkyl halides is 1. The van der Waals surface area contributed by atoms with Crippen molar-refractivity contribution in [2.45, 2.75) is 19.4 Å². The van der Waals surface area contributed by atoms with Gasteiger partial charge < -0.3 is 5.32 Å². The maximum atomic E-state index is 6.01. The van der Waals surface area contributed by atoms with Gasteiger partial charge in [-0.1, -0.05) is 30.3 Å². The van der Waals surface area contributed by atoms with E-state index < -0.39 is 0 Å². The highest BCUT2D eigenvalue weighted by atomic mass is 35.5. The lowest BCUT2D eigenvalue weighted by Crippen LogP contribution is -2.25. The average Bonchev–Trinajstić information content (AvgIpc) is 2.41. The summed E-state index contributed by atoms with van der Waals surface area (Å²) in [5.41, 5.74) is 2.15. The molecule has 1 heterocycles. The molecule has 3 nitrogen and oxygen atoms in total. The second-order valence-corrected chi connectivity index (χ2v) is 4.48. The second-order valence-electron chi connectivity index (χ2n) is 4.18. The molecule has 0 bridgehead atoms. The number of rotatable bonds is 5. The Morgan fingerprint density at radius 1 is 1.17 bits per heavy atom. The number of anilines is 1. The van der Waals surface area contributed by atoms with Gasteiger partial charge >= 0.3 is 0 Å². The topological polar surface area (TPSA) is 37.8 Å². The first-order valence-corrected chi connectivity index (χ1v) is 6.47. The third-order valence-corrected chi connectivity index (χ3v) is 3.11. The molecule has 0 aliphatic carbocycles. The van der Waals surface area contributed by atoms with Crippen LogP contribution in [-0.4, -0.2) is 21.9 Å². The fourth-order valence-electron chi connectivity index (χ4n) is 1.79. The molecule has 2 rings (SSSR count). The highest BCUT2D eigenvalue weighted by Gasteiger charge is 2.10. The lowest BCUT2D eigenvalue weighted by Gasteiger charge is -2.17. The number of hydrogen-bond acceptors (Lipinski definition) is 3. The van der Waals surface area contributed by atoms with Gasteiger partial charge in [0.25, 0.3) is 0 Å². The quantitative estimate of drug-likeness (QED) is 0.841. The van der Waals surface area contributed by atoms with Crippen LogP contribution in [0.3, 0.4) is 0 Å². The summed E-state index contributed by atoms with van der Waals surface area (Å²) in [6.45, 7) is 1.93.